The molecule has 4 heteroatoms. The quantitative estimate of drug-likeness (QED) is 0.906. The van der Waals surface area contributed by atoms with Crippen molar-refractivity contribution in [1.82, 2.24) is 10.3 Å². The zero-order valence-electron chi connectivity index (χ0n) is 12.0. The van der Waals surface area contributed by atoms with Crippen molar-refractivity contribution in [1.29, 1.82) is 0 Å². The van der Waals surface area contributed by atoms with Gasteiger partial charge in [0.05, 0.1) is 6.54 Å². The molecule has 0 aliphatic heterocycles. The number of rotatable bonds is 4. The maximum atomic E-state index is 12.4. The molecule has 0 spiro atoms. The average molecular weight is 282 g/mol. The van der Waals surface area contributed by atoms with Crippen LogP contribution in [0.5, 0.6) is 5.75 Å². The molecule has 0 atom stereocenters. The van der Waals surface area contributed by atoms with Crippen LogP contribution >= 0.6 is 0 Å². The van der Waals surface area contributed by atoms with Crippen LogP contribution in [0.1, 0.15) is 41.4 Å². The number of amides is 1. The number of carbonyl (C=O) groups is 1. The maximum Gasteiger partial charge on any atom is 0.251 e. The van der Waals surface area contributed by atoms with Crippen molar-refractivity contribution in [3.8, 4) is 5.75 Å². The second kappa shape index (κ2) is 5.20. The van der Waals surface area contributed by atoms with E-state index in [2.05, 4.69) is 17.2 Å². The molecule has 1 aromatic carbocycles. The van der Waals surface area contributed by atoms with Gasteiger partial charge in [0.1, 0.15) is 11.4 Å². The topological polar surface area (TPSA) is 62.2 Å². The third-order valence-electron chi connectivity index (χ3n) is 4.10. The third-order valence-corrected chi connectivity index (χ3v) is 4.10. The first-order valence-electron chi connectivity index (χ1n) is 7.11. The smallest absolute Gasteiger partial charge is 0.251 e. The molecule has 1 aliphatic rings. The van der Waals surface area contributed by atoms with E-state index < -0.39 is 0 Å². The van der Waals surface area contributed by atoms with E-state index in [4.69, 9.17) is 0 Å². The number of aromatic hydroxyl groups is 1. The molecule has 21 heavy (non-hydrogen) atoms. The molecule has 1 fully saturated rings. The number of hydrogen-bond acceptors (Lipinski definition) is 3. The largest absolute Gasteiger partial charge is 0.506 e. The highest BCUT2D eigenvalue weighted by Gasteiger charge is 2.41. The molecular weight excluding hydrogens is 264 g/mol. The molecule has 0 unspecified atom stereocenters. The van der Waals surface area contributed by atoms with Crippen LogP contribution in [-0.4, -0.2) is 16.0 Å². The van der Waals surface area contributed by atoms with E-state index in [0.717, 1.165) is 18.4 Å². The van der Waals surface area contributed by atoms with E-state index in [1.807, 2.05) is 24.3 Å². The molecule has 0 bridgehead atoms. The molecule has 1 amide bonds. The fourth-order valence-corrected chi connectivity index (χ4v) is 2.49. The highest BCUT2D eigenvalue weighted by Crippen LogP contribution is 2.48. The average Bonchev–Trinajstić information content (AvgIpc) is 3.25. The number of pyridine rings is 1. The molecule has 1 aromatic heterocycles. The molecular formula is C17H18N2O2. The van der Waals surface area contributed by atoms with Gasteiger partial charge in [0, 0.05) is 11.8 Å². The summed E-state index contributed by atoms with van der Waals surface area (Å²) in [6.45, 7) is 2.40. The van der Waals surface area contributed by atoms with Crippen LogP contribution in [0.15, 0.2) is 42.6 Å². The van der Waals surface area contributed by atoms with Gasteiger partial charge < -0.3 is 10.4 Å². The van der Waals surface area contributed by atoms with E-state index in [9.17, 15) is 9.90 Å². The second-order valence-electron chi connectivity index (χ2n) is 5.76. The van der Waals surface area contributed by atoms with Crippen molar-refractivity contribution < 1.29 is 9.90 Å². The SMILES string of the molecule is CC1(c2ccccc2C(=O)NCc2ncccc2O)CC1. The van der Waals surface area contributed by atoms with Gasteiger partial charge in [-0.1, -0.05) is 25.1 Å². The van der Waals surface area contributed by atoms with Gasteiger partial charge in [-0.05, 0) is 42.0 Å². The number of aromatic nitrogens is 1. The van der Waals surface area contributed by atoms with E-state index in [1.54, 1.807) is 18.3 Å². The third kappa shape index (κ3) is 2.75. The van der Waals surface area contributed by atoms with Gasteiger partial charge in [-0.3, -0.25) is 9.78 Å². The summed E-state index contributed by atoms with van der Waals surface area (Å²) in [5, 5.41) is 12.5. The summed E-state index contributed by atoms with van der Waals surface area (Å²) < 4.78 is 0. The van der Waals surface area contributed by atoms with Crippen LogP contribution in [0.2, 0.25) is 0 Å². The fraction of sp³-hybridized carbons (Fsp3) is 0.294. The molecule has 4 nitrogen and oxygen atoms in total. The lowest BCUT2D eigenvalue weighted by atomic mass is 9.93. The predicted molar refractivity (Wildman–Crippen MR) is 80.1 cm³/mol. The van der Waals surface area contributed by atoms with Gasteiger partial charge in [-0.25, -0.2) is 0 Å². The monoisotopic (exact) mass is 282 g/mol. The Labute approximate surface area is 123 Å². The van der Waals surface area contributed by atoms with Crippen molar-refractivity contribution in [3.05, 3.63) is 59.4 Å². The minimum absolute atomic E-state index is 0.0974. The number of nitrogens with one attached hydrogen (secondary N) is 1. The first kappa shape index (κ1) is 13.6. The van der Waals surface area contributed by atoms with Crippen molar-refractivity contribution in [2.45, 2.75) is 31.7 Å². The number of hydrogen-bond donors (Lipinski definition) is 2. The molecule has 3 rings (SSSR count). The lowest BCUT2D eigenvalue weighted by molar-refractivity contribution is 0.0948. The van der Waals surface area contributed by atoms with Crippen molar-refractivity contribution in [3.63, 3.8) is 0 Å². The standard InChI is InChI=1S/C17H18N2O2/c1-17(8-9-17)13-6-3-2-5-12(13)16(21)19-11-14-15(20)7-4-10-18-14/h2-7,10,20H,8-9,11H2,1H3,(H,19,21). The van der Waals surface area contributed by atoms with E-state index >= 15 is 0 Å². The molecule has 108 valence electrons. The maximum absolute atomic E-state index is 12.4. The number of nitrogens with zero attached hydrogens (tertiary/aromatic N) is 1. The predicted octanol–water partition coefficient (Wildman–Crippen LogP) is 2.77. The first-order chi connectivity index (χ1) is 10.1. The van der Waals surface area contributed by atoms with Crippen molar-refractivity contribution >= 4 is 5.91 Å². The second-order valence-corrected chi connectivity index (χ2v) is 5.76. The Morgan fingerprint density at radius 3 is 2.76 bits per heavy atom. The Morgan fingerprint density at radius 2 is 2.05 bits per heavy atom. The van der Waals surface area contributed by atoms with Gasteiger partial charge >= 0.3 is 0 Å². The summed E-state index contributed by atoms with van der Waals surface area (Å²) in [4.78, 5) is 16.5. The van der Waals surface area contributed by atoms with E-state index in [0.29, 0.717) is 11.3 Å². The Hall–Kier alpha value is -2.36. The van der Waals surface area contributed by atoms with E-state index in [1.165, 1.54) is 0 Å². The van der Waals surface area contributed by atoms with Crippen LogP contribution in [0.3, 0.4) is 0 Å². The Bertz CT molecular complexity index is 678. The van der Waals surface area contributed by atoms with Gasteiger partial charge in [0.15, 0.2) is 0 Å². The summed E-state index contributed by atoms with van der Waals surface area (Å²) in [6, 6.07) is 11.0. The minimum Gasteiger partial charge on any atom is -0.506 e. The fourth-order valence-electron chi connectivity index (χ4n) is 2.49. The van der Waals surface area contributed by atoms with Crippen LogP contribution < -0.4 is 5.32 Å². The molecule has 2 N–H and O–H groups in total. The molecule has 0 radical (unpaired) electrons. The lowest BCUT2D eigenvalue weighted by Crippen LogP contribution is -2.25. The normalized spacial score (nSPS) is 15.5. The van der Waals surface area contributed by atoms with Crippen LogP contribution in [0, 0.1) is 0 Å². The van der Waals surface area contributed by atoms with Gasteiger partial charge in [0.25, 0.3) is 5.91 Å². The van der Waals surface area contributed by atoms with Crippen molar-refractivity contribution in [2.75, 3.05) is 0 Å². The molecule has 0 saturated heterocycles. The molecule has 1 saturated carbocycles. The van der Waals surface area contributed by atoms with E-state index in [-0.39, 0.29) is 23.6 Å². The molecule has 2 aromatic rings. The highest BCUT2D eigenvalue weighted by molar-refractivity contribution is 5.96. The van der Waals surface area contributed by atoms with Gasteiger partial charge in [-0.15, -0.1) is 0 Å². The zero-order valence-corrected chi connectivity index (χ0v) is 12.0. The first-order valence-corrected chi connectivity index (χ1v) is 7.11. The Morgan fingerprint density at radius 1 is 1.29 bits per heavy atom. The van der Waals surface area contributed by atoms with Crippen LogP contribution in [0.4, 0.5) is 0 Å². The van der Waals surface area contributed by atoms with Crippen LogP contribution in [0.25, 0.3) is 0 Å². The molecule has 1 aliphatic carbocycles. The number of benzene rings is 1. The zero-order chi connectivity index (χ0) is 14.9. The Kier molecular flexibility index (Phi) is 3.37. The Balaban J connectivity index is 1.76. The highest BCUT2D eigenvalue weighted by atomic mass is 16.3. The lowest BCUT2D eigenvalue weighted by Gasteiger charge is -2.15. The summed E-state index contributed by atoms with van der Waals surface area (Å²) in [6.07, 6.45) is 3.84. The summed E-state index contributed by atoms with van der Waals surface area (Å²) >= 11 is 0. The van der Waals surface area contributed by atoms with Gasteiger partial charge in [-0.2, -0.15) is 0 Å². The summed E-state index contributed by atoms with van der Waals surface area (Å²) in [5.41, 5.74) is 2.43. The van der Waals surface area contributed by atoms with Crippen LogP contribution in [-0.2, 0) is 12.0 Å². The number of carbonyl (C=O) groups excluding carboxylic acids is 1. The van der Waals surface area contributed by atoms with Gasteiger partial charge in [0.2, 0.25) is 0 Å². The minimum atomic E-state index is -0.122. The molecule has 1 heterocycles. The summed E-state index contributed by atoms with van der Waals surface area (Å²) in [7, 11) is 0. The summed E-state index contributed by atoms with van der Waals surface area (Å²) in [5.74, 6) is -0.0241. The van der Waals surface area contributed by atoms with Crippen molar-refractivity contribution in [2.24, 2.45) is 0 Å².